The summed E-state index contributed by atoms with van der Waals surface area (Å²) in [4.78, 5) is 24.9. The van der Waals surface area contributed by atoms with Gasteiger partial charge in [-0.3, -0.25) is 9.69 Å². The summed E-state index contributed by atoms with van der Waals surface area (Å²) in [5.41, 5.74) is 0.635. The molecule has 2 aliphatic rings. The number of imide groups is 1. The first-order valence-corrected chi connectivity index (χ1v) is 9.48. The van der Waals surface area contributed by atoms with Gasteiger partial charge >= 0.3 is 6.03 Å². The number of piperidine rings is 1. The zero-order valence-corrected chi connectivity index (χ0v) is 14.7. The number of benzene rings is 1. The van der Waals surface area contributed by atoms with Crippen LogP contribution in [0.4, 0.5) is 4.79 Å². The molecule has 0 bridgehead atoms. The second kappa shape index (κ2) is 6.34. The summed E-state index contributed by atoms with van der Waals surface area (Å²) in [6, 6.07) is 4.13. The summed E-state index contributed by atoms with van der Waals surface area (Å²) in [6.07, 6.45) is 0.857. The first kappa shape index (κ1) is 17.2. The molecule has 2 aliphatic heterocycles. The highest BCUT2D eigenvalue weighted by atomic mass is 35.5. The third-order valence-electron chi connectivity index (χ3n) is 4.43. The Morgan fingerprint density at radius 1 is 1.21 bits per heavy atom. The molecular weight excluding hydrogens is 354 g/mol. The molecule has 3 rings (SSSR count). The molecule has 0 spiro atoms. The average Bonchev–Trinajstić information content (AvgIpc) is 2.88. The summed E-state index contributed by atoms with van der Waals surface area (Å²) in [6.45, 7) is 2.26. The second-order valence-electron chi connectivity index (χ2n) is 5.97. The molecule has 0 atom stereocenters. The molecule has 2 heterocycles. The predicted molar refractivity (Wildman–Crippen MR) is 88.2 cm³/mol. The number of hydrogen-bond acceptors (Lipinski definition) is 4. The maximum Gasteiger partial charge on any atom is 0.324 e. The number of sulfonamides is 1. The lowest BCUT2D eigenvalue weighted by Crippen LogP contribution is -2.49. The molecule has 2 saturated heterocycles. The predicted octanol–water partition coefficient (Wildman–Crippen LogP) is 1.35. The van der Waals surface area contributed by atoms with E-state index < -0.39 is 16.1 Å². The van der Waals surface area contributed by atoms with Crippen molar-refractivity contribution in [2.24, 2.45) is 0 Å². The quantitative estimate of drug-likeness (QED) is 0.812. The number of nitrogens with one attached hydrogen (secondary N) is 1. The van der Waals surface area contributed by atoms with Crippen LogP contribution in [0.5, 0.6) is 0 Å². The van der Waals surface area contributed by atoms with E-state index in [1.165, 1.54) is 15.3 Å². The number of carbonyl (C=O) groups is 2. The normalized spacial score (nSPS) is 20.5. The van der Waals surface area contributed by atoms with E-state index in [-0.39, 0.29) is 36.5 Å². The molecule has 2 fully saturated rings. The van der Waals surface area contributed by atoms with Crippen molar-refractivity contribution in [3.63, 3.8) is 0 Å². The number of halogens is 1. The van der Waals surface area contributed by atoms with Gasteiger partial charge in [0.15, 0.2) is 0 Å². The highest BCUT2D eigenvalue weighted by Gasteiger charge is 2.39. The maximum atomic E-state index is 12.8. The van der Waals surface area contributed by atoms with Crippen LogP contribution in [0.1, 0.15) is 18.4 Å². The molecule has 1 aromatic carbocycles. The number of nitrogens with zero attached hydrogens (tertiary/aromatic N) is 2. The van der Waals surface area contributed by atoms with Crippen LogP contribution in [0, 0.1) is 6.92 Å². The van der Waals surface area contributed by atoms with Gasteiger partial charge in [0.05, 0.1) is 11.4 Å². The van der Waals surface area contributed by atoms with Crippen molar-refractivity contribution in [3.8, 4) is 0 Å². The first-order chi connectivity index (χ1) is 11.3. The number of carbonyl (C=O) groups excluding carboxylic acids is 2. The van der Waals surface area contributed by atoms with Crippen molar-refractivity contribution < 1.29 is 18.0 Å². The highest BCUT2D eigenvalue weighted by Crippen LogP contribution is 2.27. The third kappa shape index (κ3) is 3.01. The minimum Gasteiger partial charge on any atom is -0.329 e. The molecule has 130 valence electrons. The van der Waals surface area contributed by atoms with Gasteiger partial charge in [-0.1, -0.05) is 17.7 Å². The van der Waals surface area contributed by atoms with Crippen molar-refractivity contribution in [2.75, 3.05) is 19.6 Å². The molecule has 0 aromatic heterocycles. The molecule has 0 saturated carbocycles. The van der Waals surface area contributed by atoms with Crippen molar-refractivity contribution in [1.29, 1.82) is 0 Å². The van der Waals surface area contributed by atoms with Crippen LogP contribution in [0.2, 0.25) is 5.02 Å². The lowest BCUT2D eigenvalue weighted by Gasteiger charge is -2.34. The smallest absolute Gasteiger partial charge is 0.324 e. The molecule has 0 aliphatic carbocycles. The fourth-order valence-corrected chi connectivity index (χ4v) is 5.09. The van der Waals surface area contributed by atoms with Crippen molar-refractivity contribution >= 4 is 33.6 Å². The standard InChI is InChI=1S/C15H18ClN3O4S/c1-10-2-3-11(16)8-13(10)24(22,23)18-6-4-12(5-7-18)19-14(20)9-17-15(19)21/h2-3,8,12H,4-7,9H2,1H3,(H,17,21). The Kier molecular flexibility index (Phi) is 4.54. The van der Waals surface area contributed by atoms with E-state index in [2.05, 4.69) is 5.32 Å². The maximum absolute atomic E-state index is 12.8. The third-order valence-corrected chi connectivity index (χ3v) is 6.71. The number of hydrogen-bond donors (Lipinski definition) is 1. The molecule has 7 nitrogen and oxygen atoms in total. The fourth-order valence-electron chi connectivity index (χ4n) is 3.14. The van der Waals surface area contributed by atoms with E-state index in [4.69, 9.17) is 11.6 Å². The zero-order chi connectivity index (χ0) is 17.5. The van der Waals surface area contributed by atoms with Crippen LogP contribution in [0.3, 0.4) is 0 Å². The van der Waals surface area contributed by atoms with Crippen molar-refractivity contribution in [3.05, 3.63) is 28.8 Å². The molecule has 3 amide bonds. The largest absolute Gasteiger partial charge is 0.329 e. The summed E-state index contributed by atoms with van der Waals surface area (Å²) in [5, 5.41) is 2.86. The van der Waals surface area contributed by atoms with Gasteiger partial charge in [0.1, 0.15) is 0 Å². The van der Waals surface area contributed by atoms with Crippen LogP contribution < -0.4 is 5.32 Å². The molecule has 24 heavy (non-hydrogen) atoms. The minimum atomic E-state index is -3.64. The number of aryl methyl sites for hydroxylation is 1. The first-order valence-electron chi connectivity index (χ1n) is 7.67. The van der Waals surface area contributed by atoms with Crippen molar-refractivity contribution in [2.45, 2.75) is 30.7 Å². The van der Waals surface area contributed by atoms with E-state index in [0.29, 0.717) is 23.4 Å². The van der Waals surface area contributed by atoms with Crippen LogP contribution in [-0.2, 0) is 14.8 Å². The van der Waals surface area contributed by atoms with Gasteiger partial charge in [0.2, 0.25) is 15.9 Å². The minimum absolute atomic E-state index is 0.0130. The Hall–Kier alpha value is -1.64. The lowest BCUT2D eigenvalue weighted by molar-refractivity contribution is -0.127. The Labute approximate surface area is 145 Å². The summed E-state index contributed by atoms with van der Waals surface area (Å²) in [5.74, 6) is -0.257. The Morgan fingerprint density at radius 2 is 1.88 bits per heavy atom. The zero-order valence-electron chi connectivity index (χ0n) is 13.2. The number of amides is 3. The molecule has 0 unspecified atom stereocenters. The summed E-state index contributed by atoms with van der Waals surface area (Å²) in [7, 11) is -3.64. The van der Waals surface area contributed by atoms with Gasteiger partial charge in [-0.25, -0.2) is 13.2 Å². The van der Waals surface area contributed by atoms with Gasteiger partial charge in [-0.2, -0.15) is 4.31 Å². The second-order valence-corrected chi connectivity index (χ2v) is 8.31. The monoisotopic (exact) mass is 371 g/mol. The molecular formula is C15H18ClN3O4S. The number of urea groups is 1. The Balaban J connectivity index is 1.75. The van der Waals surface area contributed by atoms with Gasteiger partial charge in [-0.05, 0) is 37.5 Å². The van der Waals surface area contributed by atoms with E-state index in [9.17, 15) is 18.0 Å². The van der Waals surface area contributed by atoms with Gasteiger partial charge in [0.25, 0.3) is 0 Å². The highest BCUT2D eigenvalue weighted by molar-refractivity contribution is 7.89. The van der Waals surface area contributed by atoms with Gasteiger partial charge < -0.3 is 5.32 Å². The summed E-state index contributed by atoms with van der Waals surface area (Å²) >= 11 is 5.93. The Morgan fingerprint density at radius 3 is 2.46 bits per heavy atom. The van der Waals surface area contributed by atoms with Crippen LogP contribution in [0.25, 0.3) is 0 Å². The van der Waals surface area contributed by atoms with E-state index in [1.807, 2.05) is 0 Å². The number of rotatable bonds is 3. The molecule has 1 aromatic rings. The summed E-state index contributed by atoms with van der Waals surface area (Å²) < 4.78 is 27.0. The average molecular weight is 372 g/mol. The molecule has 9 heteroatoms. The lowest BCUT2D eigenvalue weighted by atomic mass is 10.1. The topological polar surface area (TPSA) is 86.8 Å². The van der Waals surface area contributed by atoms with Crippen LogP contribution in [0.15, 0.2) is 23.1 Å². The van der Waals surface area contributed by atoms with E-state index >= 15 is 0 Å². The van der Waals surface area contributed by atoms with Gasteiger partial charge in [-0.15, -0.1) is 0 Å². The van der Waals surface area contributed by atoms with Crippen LogP contribution in [-0.4, -0.2) is 55.2 Å². The van der Waals surface area contributed by atoms with E-state index in [0.717, 1.165) is 0 Å². The van der Waals surface area contributed by atoms with Crippen molar-refractivity contribution in [1.82, 2.24) is 14.5 Å². The molecule has 1 N–H and O–H groups in total. The fraction of sp³-hybridized carbons (Fsp3) is 0.467. The van der Waals surface area contributed by atoms with Gasteiger partial charge in [0, 0.05) is 24.2 Å². The SMILES string of the molecule is Cc1ccc(Cl)cc1S(=O)(=O)N1CCC(N2C(=O)CNC2=O)CC1. The Bertz CT molecular complexity index is 772. The van der Waals surface area contributed by atoms with E-state index in [1.54, 1.807) is 19.1 Å². The molecule has 0 radical (unpaired) electrons. The van der Waals surface area contributed by atoms with Crippen LogP contribution >= 0.6 is 11.6 Å².